The number of amides is 1. The van der Waals surface area contributed by atoms with E-state index in [9.17, 15) is 13.2 Å². The SMILES string of the molecule is Cc1cc(C)cc(OCCNC(=O)C2CCCN(S(=O)(=O)Cc3ccc(Cl)cc3)C2)c1. The van der Waals surface area contributed by atoms with E-state index >= 15 is 0 Å². The highest BCUT2D eigenvalue weighted by Crippen LogP contribution is 2.22. The first kappa shape index (κ1) is 23.6. The summed E-state index contributed by atoms with van der Waals surface area (Å²) in [6.07, 6.45) is 1.34. The molecule has 1 unspecified atom stereocenters. The number of carbonyl (C=O) groups is 1. The second-order valence-electron chi connectivity index (χ2n) is 8.04. The third-order valence-electron chi connectivity index (χ3n) is 5.28. The van der Waals surface area contributed by atoms with Gasteiger partial charge in [0.2, 0.25) is 15.9 Å². The van der Waals surface area contributed by atoms with Gasteiger partial charge in [0.15, 0.2) is 0 Å². The smallest absolute Gasteiger partial charge is 0.224 e. The van der Waals surface area contributed by atoms with E-state index in [1.807, 2.05) is 26.0 Å². The number of piperidine rings is 1. The van der Waals surface area contributed by atoms with Crippen molar-refractivity contribution >= 4 is 27.5 Å². The Bertz CT molecular complexity index is 988. The van der Waals surface area contributed by atoms with Gasteiger partial charge in [0.05, 0.1) is 18.2 Å². The first-order valence-electron chi connectivity index (χ1n) is 10.4. The number of rotatable bonds is 8. The van der Waals surface area contributed by atoms with Gasteiger partial charge in [-0.25, -0.2) is 12.7 Å². The van der Waals surface area contributed by atoms with Crippen LogP contribution in [0, 0.1) is 19.8 Å². The van der Waals surface area contributed by atoms with Gasteiger partial charge in [-0.3, -0.25) is 4.79 Å². The second-order valence-corrected chi connectivity index (χ2v) is 10.4. The van der Waals surface area contributed by atoms with E-state index < -0.39 is 10.0 Å². The molecule has 1 heterocycles. The zero-order chi connectivity index (χ0) is 22.4. The van der Waals surface area contributed by atoms with Crippen LogP contribution in [-0.2, 0) is 20.6 Å². The molecule has 3 rings (SSSR count). The summed E-state index contributed by atoms with van der Waals surface area (Å²) in [5, 5.41) is 3.45. The standard InChI is InChI=1S/C23H29ClN2O4S/c1-17-12-18(2)14-22(13-17)30-11-9-25-23(27)20-4-3-10-26(15-20)31(28,29)16-19-5-7-21(24)8-6-19/h5-8,12-14,20H,3-4,9-11,15-16H2,1-2H3,(H,25,27). The van der Waals surface area contributed by atoms with Crippen molar-refractivity contribution < 1.29 is 17.9 Å². The van der Waals surface area contributed by atoms with Crippen LogP contribution in [0.1, 0.15) is 29.5 Å². The quantitative estimate of drug-likeness (QED) is 0.604. The number of ether oxygens (including phenoxy) is 1. The van der Waals surface area contributed by atoms with E-state index in [2.05, 4.69) is 11.4 Å². The van der Waals surface area contributed by atoms with Crippen LogP contribution in [0.3, 0.4) is 0 Å². The van der Waals surface area contributed by atoms with Gasteiger partial charge in [-0.15, -0.1) is 0 Å². The first-order chi connectivity index (χ1) is 14.7. The number of hydrogen-bond donors (Lipinski definition) is 1. The third-order valence-corrected chi connectivity index (χ3v) is 7.34. The topological polar surface area (TPSA) is 75.7 Å². The molecule has 1 fully saturated rings. The Balaban J connectivity index is 1.48. The van der Waals surface area contributed by atoms with Crippen LogP contribution in [0.25, 0.3) is 0 Å². The highest BCUT2D eigenvalue weighted by molar-refractivity contribution is 7.88. The van der Waals surface area contributed by atoms with E-state index in [1.165, 1.54) is 4.31 Å². The van der Waals surface area contributed by atoms with Crippen molar-refractivity contribution in [3.05, 3.63) is 64.2 Å². The predicted octanol–water partition coefficient (Wildman–Crippen LogP) is 3.69. The van der Waals surface area contributed by atoms with E-state index in [-0.39, 0.29) is 24.1 Å². The molecule has 0 saturated carbocycles. The van der Waals surface area contributed by atoms with Crippen molar-refractivity contribution in [1.29, 1.82) is 0 Å². The second kappa shape index (κ2) is 10.5. The number of halogens is 1. The van der Waals surface area contributed by atoms with Crippen LogP contribution in [0.5, 0.6) is 5.75 Å². The van der Waals surface area contributed by atoms with Crippen molar-refractivity contribution in [3.8, 4) is 5.75 Å². The normalized spacial score (nSPS) is 17.3. The number of nitrogens with one attached hydrogen (secondary N) is 1. The Labute approximate surface area is 189 Å². The van der Waals surface area contributed by atoms with Gasteiger partial charge in [0.25, 0.3) is 0 Å². The fraction of sp³-hybridized carbons (Fsp3) is 0.435. The summed E-state index contributed by atoms with van der Waals surface area (Å²) in [4.78, 5) is 12.6. The fourth-order valence-electron chi connectivity index (χ4n) is 3.80. The summed E-state index contributed by atoms with van der Waals surface area (Å²) < 4.78 is 32.8. The molecule has 0 bridgehead atoms. The van der Waals surface area contributed by atoms with Crippen LogP contribution < -0.4 is 10.1 Å². The molecule has 1 saturated heterocycles. The van der Waals surface area contributed by atoms with E-state index in [0.29, 0.717) is 43.1 Å². The molecule has 1 aliphatic heterocycles. The minimum atomic E-state index is -3.50. The Morgan fingerprint density at radius 2 is 1.84 bits per heavy atom. The lowest BCUT2D eigenvalue weighted by Crippen LogP contribution is -2.46. The number of aryl methyl sites for hydroxylation is 2. The molecule has 0 aromatic heterocycles. The van der Waals surface area contributed by atoms with Crippen LogP contribution in [0.4, 0.5) is 0 Å². The minimum absolute atomic E-state index is 0.0950. The highest BCUT2D eigenvalue weighted by atomic mass is 35.5. The molecule has 8 heteroatoms. The predicted molar refractivity (Wildman–Crippen MR) is 123 cm³/mol. The van der Waals surface area contributed by atoms with Crippen LogP contribution in [-0.4, -0.2) is 44.9 Å². The van der Waals surface area contributed by atoms with Gasteiger partial charge < -0.3 is 10.1 Å². The third kappa shape index (κ3) is 6.95. The van der Waals surface area contributed by atoms with Crippen molar-refractivity contribution in [2.24, 2.45) is 5.92 Å². The molecule has 31 heavy (non-hydrogen) atoms. The Kier molecular flexibility index (Phi) is 7.97. The fourth-order valence-corrected chi connectivity index (χ4v) is 5.53. The molecule has 0 spiro atoms. The Morgan fingerprint density at radius 3 is 2.52 bits per heavy atom. The van der Waals surface area contributed by atoms with E-state index in [0.717, 1.165) is 16.9 Å². The monoisotopic (exact) mass is 464 g/mol. The summed E-state index contributed by atoms with van der Waals surface area (Å²) in [6, 6.07) is 12.8. The van der Waals surface area contributed by atoms with Crippen molar-refractivity contribution in [1.82, 2.24) is 9.62 Å². The zero-order valence-corrected chi connectivity index (χ0v) is 19.5. The number of carbonyl (C=O) groups excluding carboxylic acids is 1. The molecule has 6 nitrogen and oxygen atoms in total. The first-order valence-corrected chi connectivity index (χ1v) is 12.4. The van der Waals surface area contributed by atoms with Crippen LogP contribution >= 0.6 is 11.6 Å². The number of benzene rings is 2. The number of hydrogen-bond acceptors (Lipinski definition) is 4. The molecule has 168 valence electrons. The Morgan fingerprint density at radius 1 is 1.16 bits per heavy atom. The molecule has 1 aliphatic rings. The van der Waals surface area contributed by atoms with Gasteiger partial charge >= 0.3 is 0 Å². The van der Waals surface area contributed by atoms with Gasteiger partial charge in [-0.2, -0.15) is 0 Å². The lowest BCUT2D eigenvalue weighted by Gasteiger charge is -2.31. The summed E-state index contributed by atoms with van der Waals surface area (Å²) in [5.74, 6) is 0.205. The van der Waals surface area contributed by atoms with Crippen LogP contribution in [0.2, 0.25) is 5.02 Å². The van der Waals surface area contributed by atoms with Gasteiger partial charge in [-0.1, -0.05) is 29.8 Å². The summed E-state index contributed by atoms with van der Waals surface area (Å²) in [6.45, 7) is 5.41. The van der Waals surface area contributed by atoms with Gasteiger partial charge in [0, 0.05) is 18.1 Å². The molecule has 2 aromatic rings. The van der Waals surface area contributed by atoms with Crippen molar-refractivity contribution in [2.75, 3.05) is 26.2 Å². The molecule has 1 amide bonds. The average Bonchev–Trinajstić information content (AvgIpc) is 2.72. The Hall–Kier alpha value is -2.09. The van der Waals surface area contributed by atoms with Gasteiger partial charge in [-0.05, 0) is 67.6 Å². The van der Waals surface area contributed by atoms with Gasteiger partial charge in [0.1, 0.15) is 12.4 Å². The van der Waals surface area contributed by atoms with Crippen LogP contribution in [0.15, 0.2) is 42.5 Å². The zero-order valence-electron chi connectivity index (χ0n) is 17.9. The van der Waals surface area contributed by atoms with Crippen molar-refractivity contribution in [2.45, 2.75) is 32.4 Å². The summed E-state index contributed by atoms with van der Waals surface area (Å²) in [7, 11) is -3.50. The minimum Gasteiger partial charge on any atom is -0.492 e. The number of sulfonamides is 1. The summed E-state index contributed by atoms with van der Waals surface area (Å²) >= 11 is 5.87. The van der Waals surface area contributed by atoms with E-state index in [4.69, 9.17) is 16.3 Å². The maximum Gasteiger partial charge on any atom is 0.224 e. The largest absolute Gasteiger partial charge is 0.492 e. The molecular weight excluding hydrogens is 436 g/mol. The molecular formula is C23H29ClN2O4S. The molecule has 0 aliphatic carbocycles. The molecule has 0 radical (unpaired) electrons. The average molecular weight is 465 g/mol. The number of nitrogens with zero attached hydrogens (tertiary/aromatic N) is 1. The molecule has 1 N–H and O–H groups in total. The lowest BCUT2D eigenvalue weighted by molar-refractivity contribution is -0.126. The highest BCUT2D eigenvalue weighted by Gasteiger charge is 2.32. The molecule has 2 aromatic carbocycles. The maximum atomic E-state index is 12.8. The maximum absolute atomic E-state index is 12.8. The summed E-state index contributed by atoms with van der Waals surface area (Å²) in [5.41, 5.74) is 2.93. The van der Waals surface area contributed by atoms with E-state index in [1.54, 1.807) is 24.3 Å². The lowest BCUT2D eigenvalue weighted by atomic mass is 9.99. The molecule has 1 atom stereocenters. The van der Waals surface area contributed by atoms with Crippen molar-refractivity contribution in [3.63, 3.8) is 0 Å².